The smallest absolute Gasteiger partial charge is 0.224 e. The van der Waals surface area contributed by atoms with Gasteiger partial charge >= 0.3 is 0 Å². The normalized spacial score (nSPS) is 10.4. The highest BCUT2D eigenvalue weighted by Gasteiger charge is 2.12. The number of phenolic OH excluding ortho intramolecular Hbond substituents is 1. The highest BCUT2D eigenvalue weighted by atomic mass is 19.1. The summed E-state index contributed by atoms with van der Waals surface area (Å²) in [5.74, 6) is -1.69. The van der Waals surface area contributed by atoms with Gasteiger partial charge in [-0.1, -0.05) is 18.2 Å². The monoisotopic (exact) mass is 291 g/mol. The lowest BCUT2D eigenvalue weighted by molar-refractivity contribution is -0.120. The fraction of sp³-hybridized carbons (Fsp3) is 0.188. The van der Waals surface area contributed by atoms with Gasteiger partial charge in [0.05, 0.1) is 6.42 Å². The van der Waals surface area contributed by atoms with Gasteiger partial charge in [0, 0.05) is 12.1 Å². The molecule has 0 radical (unpaired) electrons. The number of nitrogens with one attached hydrogen (secondary N) is 1. The minimum absolute atomic E-state index is 0.179. The van der Waals surface area contributed by atoms with Gasteiger partial charge < -0.3 is 10.4 Å². The molecular weight excluding hydrogens is 276 g/mol. The molecule has 0 aromatic heterocycles. The van der Waals surface area contributed by atoms with Crippen LogP contribution in [0.25, 0.3) is 0 Å². The summed E-state index contributed by atoms with van der Waals surface area (Å²) in [4.78, 5) is 11.7. The summed E-state index contributed by atoms with van der Waals surface area (Å²) in [5.41, 5.74) is 0.727. The molecule has 0 spiro atoms. The van der Waals surface area contributed by atoms with Crippen LogP contribution in [-0.2, 0) is 17.6 Å². The van der Waals surface area contributed by atoms with E-state index in [2.05, 4.69) is 5.32 Å². The van der Waals surface area contributed by atoms with Crippen LogP contribution in [0.1, 0.15) is 11.1 Å². The van der Waals surface area contributed by atoms with Gasteiger partial charge in [0.1, 0.15) is 17.4 Å². The zero-order valence-corrected chi connectivity index (χ0v) is 11.3. The number of benzene rings is 2. The summed E-state index contributed by atoms with van der Waals surface area (Å²) in [6.07, 6.45) is 0.250. The van der Waals surface area contributed by atoms with Gasteiger partial charge in [0.25, 0.3) is 0 Å². The third kappa shape index (κ3) is 4.27. The van der Waals surface area contributed by atoms with Crippen molar-refractivity contribution < 1.29 is 18.7 Å². The first-order chi connectivity index (χ1) is 10.1. The van der Waals surface area contributed by atoms with Crippen molar-refractivity contribution in [3.05, 3.63) is 65.2 Å². The minimum Gasteiger partial charge on any atom is -0.508 e. The van der Waals surface area contributed by atoms with Crippen LogP contribution >= 0.6 is 0 Å². The molecule has 0 heterocycles. The summed E-state index contributed by atoms with van der Waals surface area (Å²) in [6, 6.07) is 10.1. The second kappa shape index (κ2) is 6.83. The van der Waals surface area contributed by atoms with E-state index >= 15 is 0 Å². The second-order valence-electron chi connectivity index (χ2n) is 4.64. The van der Waals surface area contributed by atoms with Crippen LogP contribution in [0.2, 0.25) is 0 Å². The van der Waals surface area contributed by atoms with Gasteiger partial charge in [-0.3, -0.25) is 4.79 Å². The van der Waals surface area contributed by atoms with Gasteiger partial charge in [0.15, 0.2) is 0 Å². The molecule has 2 rings (SSSR count). The highest BCUT2D eigenvalue weighted by Crippen LogP contribution is 2.12. The third-order valence-corrected chi connectivity index (χ3v) is 3.07. The van der Waals surface area contributed by atoms with Crippen LogP contribution in [0.15, 0.2) is 42.5 Å². The van der Waals surface area contributed by atoms with E-state index < -0.39 is 17.5 Å². The molecule has 2 N–H and O–H groups in total. The second-order valence-corrected chi connectivity index (χ2v) is 4.64. The van der Waals surface area contributed by atoms with Crippen molar-refractivity contribution in [3.8, 4) is 5.75 Å². The number of hydrogen-bond acceptors (Lipinski definition) is 2. The van der Waals surface area contributed by atoms with E-state index in [4.69, 9.17) is 5.11 Å². The Morgan fingerprint density at radius 1 is 1.05 bits per heavy atom. The Bertz CT molecular complexity index is 606. The average Bonchev–Trinajstić information content (AvgIpc) is 2.45. The average molecular weight is 291 g/mol. The molecule has 0 saturated carbocycles. The van der Waals surface area contributed by atoms with E-state index in [0.717, 1.165) is 17.7 Å². The lowest BCUT2D eigenvalue weighted by Gasteiger charge is -2.07. The molecule has 110 valence electrons. The summed E-state index contributed by atoms with van der Waals surface area (Å²) in [7, 11) is 0. The molecule has 0 bridgehead atoms. The molecule has 0 saturated heterocycles. The summed E-state index contributed by atoms with van der Waals surface area (Å²) in [5, 5.41) is 11.8. The van der Waals surface area contributed by atoms with Crippen molar-refractivity contribution in [2.45, 2.75) is 12.8 Å². The Hall–Kier alpha value is -2.43. The molecule has 0 aliphatic rings. The first kappa shape index (κ1) is 15.0. The fourth-order valence-electron chi connectivity index (χ4n) is 1.93. The van der Waals surface area contributed by atoms with Gasteiger partial charge in [0.2, 0.25) is 5.91 Å². The molecule has 0 aliphatic carbocycles. The Labute approximate surface area is 121 Å². The molecule has 2 aromatic carbocycles. The zero-order chi connectivity index (χ0) is 15.2. The van der Waals surface area contributed by atoms with Crippen molar-refractivity contribution >= 4 is 5.91 Å². The Kier molecular flexibility index (Phi) is 4.87. The lowest BCUT2D eigenvalue weighted by Crippen LogP contribution is -2.27. The van der Waals surface area contributed by atoms with Crippen molar-refractivity contribution in [1.82, 2.24) is 5.32 Å². The van der Waals surface area contributed by atoms with Crippen molar-refractivity contribution in [3.63, 3.8) is 0 Å². The number of rotatable bonds is 5. The van der Waals surface area contributed by atoms with Crippen LogP contribution in [0.3, 0.4) is 0 Å². The van der Waals surface area contributed by atoms with Gasteiger partial charge in [-0.15, -0.1) is 0 Å². The minimum atomic E-state index is -0.719. The van der Waals surface area contributed by atoms with E-state index in [1.807, 2.05) is 0 Å². The maximum Gasteiger partial charge on any atom is 0.224 e. The van der Waals surface area contributed by atoms with E-state index in [1.165, 1.54) is 6.07 Å². The lowest BCUT2D eigenvalue weighted by atomic mass is 10.1. The first-order valence-electron chi connectivity index (χ1n) is 6.54. The topological polar surface area (TPSA) is 49.3 Å². The first-order valence-corrected chi connectivity index (χ1v) is 6.54. The van der Waals surface area contributed by atoms with E-state index in [1.54, 1.807) is 24.3 Å². The van der Waals surface area contributed by atoms with Crippen LogP contribution in [-0.4, -0.2) is 17.6 Å². The van der Waals surface area contributed by atoms with Gasteiger partial charge in [-0.2, -0.15) is 0 Å². The SMILES string of the molecule is O=C(Cc1c(F)cccc1F)NCCc1ccc(O)cc1. The van der Waals surface area contributed by atoms with Crippen LogP contribution < -0.4 is 5.32 Å². The fourth-order valence-corrected chi connectivity index (χ4v) is 1.93. The van der Waals surface area contributed by atoms with Crippen LogP contribution in [0, 0.1) is 11.6 Å². The molecule has 5 heteroatoms. The molecular formula is C16H15F2NO2. The van der Waals surface area contributed by atoms with Gasteiger partial charge in [-0.25, -0.2) is 8.78 Å². The summed E-state index contributed by atoms with van der Waals surface area (Å²) < 4.78 is 26.8. The molecule has 0 atom stereocenters. The van der Waals surface area contributed by atoms with E-state index in [9.17, 15) is 13.6 Å². The number of carbonyl (C=O) groups excluding carboxylic acids is 1. The van der Waals surface area contributed by atoms with Crippen LogP contribution in [0.4, 0.5) is 8.78 Å². The molecule has 2 aromatic rings. The van der Waals surface area contributed by atoms with Crippen molar-refractivity contribution in [2.75, 3.05) is 6.54 Å². The molecule has 1 amide bonds. The quantitative estimate of drug-likeness (QED) is 0.889. The molecule has 3 nitrogen and oxygen atoms in total. The number of phenols is 1. The summed E-state index contributed by atoms with van der Waals surface area (Å²) in [6.45, 7) is 0.361. The maximum absolute atomic E-state index is 13.4. The Morgan fingerprint density at radius 3 is 2.29 bits per heavy atom. The largest absolute Gasteiger partial charge is 0.508 e. The van der Waals surface area contributed by atoms with Gasteiger partial charge in [-0.05, 0) is 36.2 Å². The Balaban J connectivity index is 1.84. The van der Waals surface area contributed by atoms with E-state index in [-0.39, 0.29) is 17.7 Å². The Morgan fingerprint density at radius 2 is 1.67 bits per heavy atom. The number of carbonyl (C=O) groups is 1. The molecule has 0 unspecified atom stereocenters. The van der Waals surface area contributed by atoms with Crippen molar-refractivity contribution in [1.29, 1.82) is 0 Å². The zero-order valence-electron chi connectivity index (χ0n) is 11.3. The maximum atomic E-state index is 13.4. The standard InChI is InChI=1S/C16H15F2NO2/c17-14-2-1-3-15(18)13(14)10-16(21)19-9-8-11-4-6-12(20)7-5-11/h1-7,20H,8-10H2,(H,19,21). The van der Waals surface area contributed by atoms with Crippen molar-refractivity contribution in [2.24, 2.45) is 0 Å². The number of aromatic hydroxyl groups is 1. The van der Waals surface area contributed by atoms with E-state index in [0.29, 0.717) is 13.0 Å². The molecule has 0 fully saturated rings. The summed E-state index contributed by atoms with van der Waals surface area (Å²) >= 11 is 0. The molecule has 21 heavy (non-hydrogen) atoms. The predicted octanol–water partition coefficient (Wildman–Crippen LogP) is 2.57. The number of hydrogen-bond donors (Lipinski definition) is 2. The van der Waals surface area contributed by atoms with Crippen LogP contribution in [0.5, 0.6) is 5.75 Å². The number of amides is 1. The third-order valence-electron chi connectivity index (χ3n) is 3.07. The molecule has 0 aliphatic heterocycles. The predicted molar refractivity (Wildman–Crippen MR) is 74.9 cm³/mol. The number of halogens is 2. The highest BCUT2D eigenvalue weighted by molar-refractivity contribution is 5.78.